The molecule has 0 atom stereocenters. The third kappa shape index (κ3) is 3.88. The summed E-state index contributed by atoms with van der Waals surface area (Å²) < 4.78 is 10.5. The number of hydrazone groups is 1. The molecule has 0 aliphatic heterocycles. The minimum atomic E-state index is -0.355. The van der Waals surface area contributed by atoms with E-state index >= 15 is 0 Å². The molecule has 0 aliphatic rings. The topological polar surface area (TPSA) is 88.6 Å². The van der Waals surface area contributed by atoms with Crippen molar-refractivity contribution in [3.8, 4) is 22.8 Å². The lowest BCUT2D eigenvalue weighted by atomic mass is 10.1. The zero-order valence-corrected chi connectivity index (χ0v) is 16.2. The van der Waals surface area contributed by atoms with E-state index in [1.165, 1.54) is 0 Å². The number of nitrogens with one attached hydrogen (secondary N) is 2. The van der Waals surface area contributed by atoms with Crippen LogP contribution in [-0.4, -0.2) is 36.0 Å². The average Bonchev–Trinajstić information content (AvgIpc) is 3.13. The van der Waals surface area contributed by atoms with Gasteiger partial charge >= 0.3 is 0 Å². The van der Waals surface area contributed by atoms with E-state index < -0.39 is 0 Å². The van der Waals surface area contributed by atoms with Crippen molar-refractivity contribution in [1.29, 1.82) is 0 Å². The Morgan fingerprint density at radius 2 is 1.79 bits per heavy atom. The lowest BCUT2D eigenvalue weighted by Gasteiger charge is -2.09. The third-order valence-corrected chi connectivity index (χ3v) is 4.41. The highest BCUT2D eigenvalue weighted by Crippen LogP contribution is 2.27. The van der Waals surface area contributed by atoms with Gasteiger partial charge in [-0.05, 0) is 32.0 Å². The largest absolute Gasteiger partial charge is 0.493 e. The van der Waals surface area contributed by atoms with Gasteiger partial charge < -0.3 is 9.47 Å². The van der Waals surface area contributed by atoms with Crippen LogP contribution in [0.25, 0.3) is 11.3 Å². The van der Waals surface area contributed by atoms with Crippen LogP contribution in [-0.2, 0) is 0 Å². The molecule has 0 saturated heterocycles. The Morgan fingerprint density at radius 3 is 2.46 bits per heavy atom. The van der Waals surface area contributed by atoms with Crippen LogP contribution in [0.15, 0.2) is 53.6 Å². The smallest absolute Gasteiger partial charge is 0.289 e. The number of carbonyl (C=O) groups excluding carboxylic acids is 1. The van der Waals surface area contributed by atoms with Gasteiger partial charge in [0.25, 0.3) is 5.91 Å². The summed E-state index contributed by atoms with van der Waals surface area (Å²) in [4.78, 5) is 12.5. The first-order chi connectivity index (χ1) is 13.5. The lowest BCUT2D eigenvalue weighted by Crippen LogP contribution is -2.20. The van der Waals surface area contributed by atoms with Crippen molar-refractivity contribution in [3.05, 3.63) is 65.4 Å². The molecular formula is C21H22N4O3. The van der Waals surface area contributed by atoms with Crippen LogP contribution < -0.4 is 14.9 Å². The number of ether oxygens (including phenoxy) is 2. The second-order valence-electron chi connectivity index (χ2n) is 6.15. The van der Waals surface area contributed by atoms with E-state index in [2.05, 4.69) is 20.7 Å². The lowest BCUT2D eigenvalue weighted by molar-refractivity contribution is 0.0949. The van der Waals surface area contributed by atoms with Crippen LogP contribution in [0.3, 0.4) is 0 Å². The maximum absolute atomic E-state index is 12.5. The molecule has 0 radical (unpaired) electrons. The molecule has 2 aromatic carbocycles. The van der Waals surface area contributed by atoms with Gasteiger partial charge in [-0.25, -0.2) is 5.43 Å². The molecule has 1 aromatic heterocycles. The van der Waals surface area contributed by atoms with Crippen molar-refractivity contribution < 1.29 is 14.3 Å². The molecule has 144 valence electrons. The maximum Gasteiger partial charge on any atom is 0.289 e. The summed E-state index contributed by atoms with van der Waals surface area (Å²) in [6.07, 6.45) is 0. The van der Waals surface area contributed by atoms with E-state index in [-0.39, 0.29) is 5.91 Å². The summed E-state index contributed by atoms with van der Waals surface area (Å²) in [7, 11) is 3.15. The zero-order valence-electron chi connectivity index (χ0n) is 16.2. The van der Waals surface area contributed by atoms with Gasteiger partial charge in [-0.3, -0.25) is 9.89 Å². The van der Waals surface area contributed by atoms with Gasteiger partial charge in [-0.1, -0.05) is 30.3 Å². The van der Waals surface area contributed by atoms with Crippen molar-refractivity contribution in [2.75, 3.05) is 14.2 Å². The second kappa shape index (κ2) is 8.39. The van der Waals surface area contributed by atoms with Gasteiger partial charge in [-0.2, -0.15) is 10.2 Å². The number of methoxy groups -OCH3 is 2. The van der Waals surface area contributed by atoms with Crippen LogP contribution in [0.4, 0.5) is 0 Å². The molecule has 0 spiro atoms. The monoisotopic (exact) mass is 378 g/mol. The molecule has 1 amide bonds. The highest BCUT2D eigenvalue weighted by Gasteiger charge is 2.16. The number of nitrogens with zero attached hydrogens (tertiary/aromatic N) is 2. The number of amides is 1. The molecule has 3 rings (SSSR count). The Kier molecular flexibility index (Phi) is 5.74. The Bertz CT molecular complexity index is 1010. The van der Waals surface area contributed by atoms with Crippen LogP contribution >= 0.6 is 0 Å². The second-order valence-corrected chi connectivity index (χ2v) is 6.15. The first kappa shape index (κ1) is 19.2. The van der Waals surface area contributed by atoms with Gasteiger partial charge in [0, 0.05) is 16.7 Å². The number of aromatic nitrogens is 2. The fourth-order valence-electron chi connectivity index (χ4n) is 2.81. The van der Waals surface area contributed by atoms with Gasteiger partial charge in [0.2, 0.25) is 0 Å². The fraction of sp³-hybridized carbons (Fsp3) is 0.190. The van der Waals surface area contributed by atoms with Crippen molar-refractivity contribution >= 4 is 11.6 Å². The number of hydrogen-bond donors (Lipinski definition) is 2. The summed E-state index contributed by atoms with van der Waals surface area (Å²) in [5, 5.41) is 11.3. The van der Waals surface area contributed by atoms with E-state index in [9.17, 15) is 4.79 Å². The summed E-state index contributed by atoms with van der Waals surface area (Å²) in [6.45, 7) is 3.66. The van der Waals surface area contributed by atoms with Gasteiger partial charge in [-0.15, -0.1) is 0 Å². The minimum absolute atomic E-state index is 0.355. The number of hydrogen-bond acceptors (Lipinski definition) is 5. The van der Waals surface area contributed by atoms with Gasteiger partial charge in [0.1, 0.15) is 5.69 Å². The molecule has 0 saturated carbocycles. The van der Waals surface area contributed by atoms with Crippen molar-refractivity contribution in [2.24, 2.45) is 5.10 Å². The van der Waals surface area contributed by atoms with Gasteiger partial charge in [0.15, 0.2) is 11.5 Å². The predicted octanol–water partition coefficient (Wildman–Crippen LogP) is 3.56. The van der Waals surface area contributed by atoms with Crippen LogP contribution in [0, 0.1) is 6.92 Å². The van der Waals surface area contributed by atoms with Crippen LogP contribution in [0.2, 0.25) is 0 Å². The van der Waals surface area contributed by atoms with Gasteiger partial charge in [0.05, 0.1) is 25.6 Å². The quantitative estimate of drug-likeness (QED) is 0.507. The molecule has 7 nitrogen and oxygen atoms in total. The fourth-order valence-corrected chi connectivity index (χ4v) is 2.81. The minimum Gasteiger partial charge on any atom is -0.493 e. The third-order valence-electron chi connectivity index (χ3n) is 4.41. The number of H-pyrrole nitrogens is 1. The zero-order chi connectivity index (χ0) is 20.1. The number of aromatic amines is 1. The van der Waals surface area contributed by atoms with E-state index in [0.717, 1.165) is 22.4 Å². The first-order valence-corrected chi connectivity index (χ1v) is 8.72. The Balaban J connectivity index is 1.77. The number of benzene rings is 2. The summed E-state index contributed by atoms with van der Waals surface area (Å²) in [6, 6.07) is 15.1. The Morgan fingerprint density at radius 1 is 1.07 bits per heavy atom. The molecule has 0 aliphatic carbocycles. The van der Waals surface area contributed by atoms with E-state index in [1.54, 1.807) is 33.3 Å². The highest BCUT2D eigenvalue weighted by atomic mass is 16.5. The normalized spacial score (nSPS) is 11.2. The first-order valence-electron chi connectivity index (χ1n) is 8.72. The standard InChI is InChI=1S/C21H22N4O3/c1-13-19(15-8-6-5-7-9-15)23-24-20(13)21(26)25-22-14(2)16-10-11-17(27-3)18(12-16)28-4/h5-12H,1-4H3,(H,23,24)(H,25,26)/b22-14+. The van der Waals surface area contributed by atoms with E-state index in [0.29, 0.717) is 22.9 Å². The Labute approximate surface area is 163 Å². The molecule has 28 heavy (non-hydrogen) atoms. The summed E-state index contributed by atoms with van der Waals surface area (Å²) in [5.74, 6) is 0.870. The molecule has 1 heterocycles. The van der Waals surface area contributed by atoms with E-state index in [1.807, 2.05) is 43.3 Å². The van der Waals surface area contributed by atoms with Crippen LogP contribution in [0.5, 0.6) is 11.5 Å². The predicted molar refractivity (Wildman–Crippen MR) is 108 cm³/mol. The molecular weight excluding hydrogens is 356 g/mol. The SMILES string of the molecule is COc1ccc(/C(C)=N/NC(=O)c2[nH]nc(-c3ccccc3)c2C)cc1OC. The maximum atomic E-state index is 12.5. The molecule has 0 bridgehead atoms. The molecule has 0 fully saturated rings. The van der Waals surface area contributed by atoms with Crippen molar-refractivity contribution in [3.63, 3.8) is 0 Å². The Hall–Kier alpha value is -3.61. The molecule has 2 N–H and O–H groups in total. The molecule has 3 aromatic rings. The number of carbonyl (C=O) groups is 1. The average molecular weight is 378 g/mol. The highest BCUT2D eigenvalue weighted by molar-refractivity contribution is 6.01. The van der Waals surface area contributed by atoms with Crippen molar-refractivity contribution in [2.45, 2.75) is 13.8 Å². The van der Waals surface area contributed by atoms with Crippen molar-refractivity contribution in [1.82, 2.24) is 15.6 Å². The summed E-state index contributed by atoms with van der Waals surface area (Å²) >= 11 is 0. The molecule has 0 unspecified atom stereocenters. The van der Waals surface area contributed by atoms with Crippen LogP contribution in [0.1, 0.15) is 28.5 Å². The summed E-state index contributed by atoms with van der Waals surface area (Å²) in [5.41, 5.74) is 6.85. The molecule has 7 heteroatoms. The van der Waals surface area contributed by atoms with E-state index in [4.69, 9.17) is 9.47 Å². The number of rotatable bonds is 6.